The van der Waals surface area contributed by atoms with Gasteiger partial charge in [-0.2, -0.15) is 0 Å². The van der Waals surface area contributed by atoms with Gasteiger partial charge in [-0.05, 0) is 49.2 Å². The molecule has 0 spiro atoms. The van der Waals surface area contributed by atoms with E-state index < -0.39 is 5.97 Å². The van der Waals surface area contributed by atoms with E-state index >= 15 is 0 Å². The van der Waals surface area contributed by atoms with Crippen LogP contribution in [-0.4, -0.2) is 17.0 Å². The van der Waals surface area contributed by atoms with Crippen molar-refractivity contribution in [2.24, 2.45) is 0 Å². The number of carboxylic acid groups (broad SMARTS) is 1. The molecule has 0 aromatic heterocycles. The highest BCUT2D eigenvalue weighted by molar-refractivity contribution is 5.92. The monoisotopic (exact) mass is 348 g/mol. The maximum atomic E-state index is 11.8. The second-order valence-electron chi connectivity index (χ2n) is 5.64. The number of rotatable bonds is 3. The van der Waals surface area contributed by atoms with Crippen LogP contribution in [0.4, 0.5) is 0 Å². The summed E-state index contributed by atoms with van der Waals surface area (Å²) >= 11 is 0. The number of hydrogen-bond acceptors (Lipinski definition) is 3. The second kappa shape index (κ2) is 9.18. The van der Waals surface area contributed by atoms with Crippen LogP contribution in [0, 0.1) is 13.8 Å². The summed E-state index contributed by atoms with van der Waals surface area (Å²) in [4.78, 5) is 22.2. The van der Waals surface area contributed by atoms with Gasteiger partial charge >= 0.3 is 11.9 Å². The average molecular weight is 348 g/mol. The van der Waals surface area contributed by atoms with Crippen molar-refractivity contribution >= 4 is 11.9 Å². The summed E-state index contributed by atoms with van der Waals surface area (Å²) in [5.74, 6) is -0.613. The number of benzene rings is 3. The lowest BCUT2D eigenvalue weighted by Crippen LogP contribution is -2.09. The summed E-state index contributed by atoms with van der Waals surface area (Å²) in [6.07, 6.45) is 0. The van der Waals surface area contributed by atoms with Crippen LogP contribution in [0.15, 0.2) is 78.9 Å². The zero-order chi connectivity index (χ0) is 18.9. The SMILES string of the molecule is Cc1ccccc1C(=O)O.Cc1ccccc1C(=O)Oc1ccccc1. The van der Waals surface area contributed by atoms with Gasteiger partial charge in [0.25, 0.3) is 0 Å². The molecule has 3 rings (SSSR count). The Bertz CT molecular complexity index is 885. The number of esters is 1. The summed E-state index contributed by atoms with van der Waals surface area (Å²) < 4.78 is 5.24. The van der Waals surface area contributed by atoms with E-state index in [-0.39, 0.29) is 5.97 Å². The minimum absolute atomic E-state index is 0.315. The van der Waals surface area contributed by atoms with Gasteiger partial charge in [0.2, 0.25) is 0 Å². The zero-order valence-corrected chi connectivity index (χ0v) is 14.7. The van der Waals surface area contributed by atoms with E-state index in [1.165, 1.54) is 0 Å². The smallest absolute Gasteiger partial charge is 0.343 e. The summed E-state index contributed by atoms with van der Waals surface area (Å²) in [5.41, 5.74) is 2.70. The Morgan fingerprint density at radius 3 is 1.62 bits per heavy atom. The highest BCUT2D eigenvalue weighted by Crippen LogP contribution is 2.13. The average Bonchev–Trinajstić information content (AvgIpc) is 2.63. The third kappa shape index (κ3) is 5.31. The Labute approximate surface area is 152 Å². The van der Waals surface area contributed by atoms with Crippen molar-refractivity contribution in [2.75, 3.05) is 0 Å². The highest BCUT2D eigenvalue weighted by atomic mass is 16.5. The molecule has 26 heavy (non-hydrogen) atoms. The van der Waals surface area contributed by atoms with E-state index in [4.69, 9.17) is 9.84 Å². The van der Waals surface area contributed by atoms with Crippen LogP contribution < -0.4 is 4.74 Å². The quantitative estimate of drug-likeness (QED) is 0.540. The lowest BCUT2D eigenvalue weighted by molar-refractivity contribution is 0.0693. The largest absolute Gasteiger partial charge is 0.478 e. The van der Waals surface area contributed by atoms with Gasteiger partial charge in [0.15, 0.2) is 0 Å². The minimum atomic E-state index is -0.863. The maximum Gasteiger partial charge on any atom is 0.343 e. The first-order chi connectivity index (χ1) is 12.5. The molecule has 0 bridgehead atoms. The lowest BCUT2D eigenvalue weighted by atomic mass is 10.1. The van der Waals surface area contributed by atoms with Crippen LogP contribution in [0.1, 0.15) is 31.8 Å². The number of carbonyl (C=O) groups excluding carboxylic acids is 1. The Morgan fingerprint density at radius 2 is 1.15 bits per heavy atom. The van der Waals surface area contributed by atoms with Gasteiger partial charge in [-0.3, -0.25) is 0 Å². The first kappa shape index (κ1) is 18.9. The van der Waals surface area contributed by atoms with Gasteiger partial charge < -0.3 is 9.84 Å². The number of carboxylic acids is 1. The van der Waals surface area contributed by atoms with Crippen LogP contribution in [0.3, 0.4) is 0 Å². The molecule has 132 valence electrons. The Kier molecular flexibility index (Phi) is 6.68. The van der Waals surface area contributed by atoms with Gasteiger partial charge in [0.05, 0.1) is 11.1 Å². The molecule has 0 radical (unpaired) electrons. The first-order valence-corrected chi connectivity index (χ1v) is 8.11. The van der Waals surface area contributed by atoms with Gasteiger partial charge in [-0.15, -0.1) is 0 Å². The molecule has 3 aromatic carbocycles. The van der Waals surface area contributed by atoms with Crippen molar-refractivity contribution in [3.05, 3.63) is 101 Å². The van der Waals surface area contributed by atoms with Crippen molar-refractivity contribution in [3.63, 3.8) is 0 Å². The predicted molar refractivity (Wildman–Crippen MR) is 101 cm³/mol. The number of ether oxygens (including phenoxy) is 1. The molecule has 0 atom stereocenters. The van der Waals surface area contributed by atoms with Crippen LogP contribution in [0.25, 0.3) is 0 Å². The first-order valence-electron chi connectivity index (χ1n) is 8.11. The molecule has 4 heteroatoms. The zero-order valence-electron chi connectivity index (χ0n) is 14.7. The van der Waals surface area contributed by atoms with Gasteiger partial charge in [-0.1, -0.05) is 54.6 Å². The van der Waals surface area contributed by atoms with Crippen LogP contribution in [0.5, 0.6) is 5.75 Å². The van der Waals surface area contributed by atoms with Crippen LogP contribution >= 0.6 is 0 Å². The van der Waals surface area contributed by atoms with E-state index in [0.29, 0.717) is 16.9 Å². The maximum absolute atomic E-state index is 11.8. The molecule has 0 aliphatic heterocycles. The molecule has 4 nitrogen and oxygen atoms in total. The van der Waals surface area contributed by atoms with Crippen molar-refractivity contribution in [1.82, 2.24) is 0 Å². The van der Waals surface area contributed by atoms with Crippen molar-refractivity contribution in [2.45, 2.75) is 13.8 Å². The van der Waals surface area contributed by atoms with E-state index in [1.807, 2.05) is 49.4 Å². The van der Waals surface area contributed by atoms with Crippen molar-refractivity contribution in [1.29, 1.82) is 0 Å². The fourth-order valence-corrected chi connectivity index (χ4v) is 2.27. The molecule has 0 saturated heterocycles. The minimum Gasteiger partial charge on any atom is -0.478 e. The van der Waals surface area contributed by atoms with E-state index in [2.05, 4.69) is 0 Å². The normalized spacial score (nSPS) is 9.62. The summed E-state index contributed by atoms with van der Waals surface area (Å²) in [6.45, 7) is 3.67. The van der Waals surface area contributed by atoms with Crippen molar-refractivity contribution < 1.29 is 19.4 Å². The number of para-hydroxylation sites is 1. The molecule has 1 N–H and O–H groups in total. The summed E-state index contributed by atoms with van der Waals surface area (Å²) in [7, 11) is 0. The van der Waals surface area contributed by atoms with Crippen LogP contribution in [-0.2, 0) is 0 Å². The molecular weight excluding hydrogens is 328 g/mol. The van der Waals surface area contributed by atoms with E-state index in [9.17, 15) is 9.59 Å². The standard InChI is InChI=1S/C14H12O2.C8H8O2/c1-11-7-5-6-10-13(11)14(15)16-12-8-3-2-4-9-12;1-6-4-2-3-5-7(6)8(9)10/h2-10H,1H3;2-5H,1H3,(H,9,10). The number of aromatic carboxylic acids is 1. The fraction of sp³-hybridized carbons (Fsp3) is 0.0909. The van der Waals surface area contributed by atoms with Gasteiger partial charge in [-0.25, -0.2) is 9.59 Å². The summed E-state index contributed by atoms with van der Waals surface area (Å²) in [5, 5.41) is 8.57. The Balaban J connectivity index is 0.000000209. The summed E-state index contributed by atoms with van der Waals surface area (Å²) in [6, 6.07) is 23.4. The molecule has 0 aliphatic rings. The Morgan fingerprint density at radius 1 is 0.692 bits per heavy atom. The molecule has 0 aliphatic carbocycles. The van der Waals surface area contributed by atoms with Gasteiger partial charge in [0, 0.05) is 0 Å². The molecular formula is C22H20O4. The molecule has 0 unspecified atom stereocenters. The van der Waals surface area contributed by atoms with E-state index in [0.717, 1.165) is 11.1 Å². The fourth-order valence-electron chi connectivity index (χ4n) is 2.27. The van der Waals surface area contributed by atoms with E-state index in [1.54, 1.807) is 43.3 Å². The van der Waals surface area contributed by atoms with Gasteiger partial charge in [0.1, 0.15) is 5.75 Å². The highest BCUT2D eigenvalue weighted by Gasteiger charge is 2.10. The van der Waals surface area contributed by atoms with Crippen LogP contribution in [0.2, 0.25) is 0 Å². The molecule has 0 amide bonds. The van der Waals surface area contributed by atoms with Crippen molar-refractivity contribution in [3.8, 4) is 5.75 Å². The number of hydrogen-bond donors (Lipinski definition) is 1. The molecule has 0 fully saturated rings. The number of aryl methyl sites for hydroxylation is 2. The third-order valence-corrected chi connectivity index (χ3v) is 3.69. The predicted octanol–water partition coefficient (Wildman–Crippen LogP) is 4.91. The number of carbonyl (C=O) groups is 2. The Hall–Kier alpha value is -3.40. The molecule has 0 saturated carbocycles. The molecule has 0 heterocycles. The lowest BCUT2D eigenvalue weighted by Gasteiger charge is -2.05. The third-order valence-electron chi connectivity index (χ3n) is 3.69. The molecule has 3 aromatic rings. The topological polar surface area (TPSA) is 63.6 Å². The second-order valence-corrected chi connectivity index (χ2v) is 5.64.